The summed E-state index contributed by atoms with van der Waals surface area (Å²) in [7, 11) is 5.21. The molecule has 0 unspecified atom stereocenters. The molecule has 0 aromatic heterocycles. The highest BCUT2D eigenvalue weighted by molar-refractivity contribution is 5.87. The normalized spacial score (nSPS) is 13.7. The van der Waals surface area contributed by atoms with Crippen LogP contribution in [0.1, 0.15) is 27.7 Å². The minimum Gasteiger partial charge on any atom is -0.459 e. The lowest BCUT2D eigenvalue weighted by Gasteiger charge is -2.26. The molecule has 0 aliphatic heterocycles. The number of rotatable bonds is 5. The monoisotopic (exact) mass is 270 g/mol. The van der Waals surface area contributed by atoms with Gasteiger partial charge in [-0.05, 0) is 34.7 Å². The van der Waals surface area contributed by atoms with Gasteiger partial charge in [0.15, 0.2) is 0 Å². The Morgan fingerprint density at radius 1 is 1.21 bits per heavy atom. The second-order valence-corrected chi connectivity index (χ2v) is 5.78. The van der Waals surface area contributed by atoms with Gasteiger partial charge >= 0.3 is 5.97 Å². The van der Waals surface area contributed by atoms with Gasteiger partial charge in [0.25, 0.3) is 0 Å². The first-order valence-electron chi connectivity index (χ1n) is 6.35. The molecule has 1 atom stereocenters. The molecule has 0 bridgehead atoms. The Morgan fingerprint density at radius 2 is 1.74 bits per heavy atom. The SMILES string of the molecule is C[C@@H](C(=O)OC(C)(C)C)N(C)C/C=C/C(=O)N(C)C. The van der Waals surface area contributed by atoms with E-state index < -0.39 is 5.60 Å². The molecule has 0 radical (unpaired) electrons. The topological polar surface area (TPSA) is 49.9 Å². The lowest BCUT2D eigenvalue weighted by Crippen LogP contribution is -2.40. The van der Waals surface area contributed by atoms with Crippen molar-refractivity contribution in [1.82, 2.24) is 9.80 Å². The van der Waals surface area contributed by atoms with Crippen LogP contribution in [0.15, 0.2) is 12.2 Å². The number of amides is 1. The number of ether oxygens (including phenoxy) is 1. The van der Waals surface area contributed by atoms with E-state index in [2.05, 4.69) is 0 Å². The van der Waals surface area contributed by atoms with E-state index in [1.807, 2.05) is 32.7 Å². The molecule has 0 N–H and O–H groups in total. The maximum atomic E-state index is 11.8. The molecule has 0 rings (SSSR count). The van der Waals surface area contributed by atoms with Crippen LogP contribution in [0.3, 0.4) is 0 Å². The maximum absolute atomic E-state index is 11.8. The third kappa shape index (κ3) is 7.62. The van der Waals surface area contributed by atoms with Gasteiger partial charge in [0.1, 0.15) is 11.6 Å². The minimum absolute atomic E-state index is 0.0710. The molecule has 5 heteroatoms. The van der Waals surface area contributed by atoms with Gasteiger partial charge in [-0.2, -0.15) is 0 Å². The smallest absolute Gasteiger partial charge is 0.323 e. The standard InChI is InChI=1S/C14H26N2O3/c1-11(13(18)19-14(2,3)4)16(7)10-8-9-12(17)15(5)6/h8-9,11H,10H2,1-7H3/b9-8+/t11-/m0/s1. The zero-order valence-corrected chi connectivity index (χ0v) is 13.1. The largest absolute Gasteiger partial charge is 0.459 e. The van der Waals surface area contributed by atoms with Gasteiger partial charge in [-0.15, -0.1) is 0 Å². The zero-order valence-electron chi connectivity index (χ0n) is 13.1. The molecule has 0 aromatic carbocycles. The summed E-state index contributed by atoms with van der Waals surface area (Å²) in [6.07, 6.45) is 3.24. The molecule has 0 saturated carbocycles. The summed E-state index contributed by atoms with van der Waals surface area (Å²) in [5.41, 5.74) is -0.483. The van der Waals surface area contributed by atoms with Crippen LogP contribution >= 0.6 is 0 Å². The first kappa shape index (κ1) is 17.6. The van der Waals surface area contributed by atoms with Crippen molar-refractivity contribution in [3.63, 3.8) is 0 Å². The minimum atomic E-state index is -0.483. The molecular formula is C14H26N2O3. The van der Waals surface area contributed by atoms with Gasteiger partial charge in [-0.3, -0.25) is 14.5 Å². The fourth-order valence-electron chi connectivity index (χ4n) is 1.19. The summed E-state index contributed by atoms with van der Waals surface area (Å²) in [5.74, 6) is -0.333. The second-order valence-electron chi connectivity index (χ2n) is 5.78. The third-order valence-electron chi connectivity index (χ3n) is 2.50. The number of hydrogen-bond acceptors (Lipinski definition) is 4. The fourth-order valence-corrected chi connectivity index (χ4v) is 1.19. The molecule has 0 spiro atoms. The Balaban J connectivity index is 4.31. The predicted molar refractivity (Wildman–Crippen MR) is 75.8 cm³/mol. The Morgan fingerprint density at radius 3 is 2.16 bits per heavy atom. The predicted octanol–water partition coefficient (Wildman–Crippen LogP) is 1.29. The van der Waals surface area contributed by atoms with Gasteiger partial charge in [-0.25, -0.2) is 0 Å². The van der Waals surface area contributed by atoms with E-state index in [1.165, 1.54) is 11.0 Å². The first-order chi connectivity index (χ1) is 8.54. The van der Waals surface area contributed by atoms with Crippen LogP contribution in [0.2, 0.25) is 0 Å². The van der Waals surface area contributed by atoms with E-state index in [4.69, 9.17) is 4.74 Å². The van der Waals surface area contributed by atoms with Crippen molar-refractivity contribution in [3.8, 4) is 0 Å². The summed E-state index contributed by atoms with van der Waals surface area (Å²) in [6.45, 7) is 7.82. The molecule has 0 heterocycles. The Labute approximate surface area is 116 Å². The highest BCUT2D eigenvalue weighted by Gasteiger charge is 2.23. The van der Waals surface area contributed by atoms with Crippen molar-refractivity contribution in [2.75, 3.05) is 27.7 Å². The third-order valence-corrected chi connectivity index (χ3v) is 2.50. The lowest BCUT2D eigenvalue weighted by atomic mass is 10.2. The molecule has 5 nitrogen and oxygen atoms in total. The summed E-state index contributed by atoms with van der Waals surface area (Å²) in [4.78, 5) is 26.5. The van der Waals surface area contributed by atoms with Gasteiger partial charge in [0, 0.05) is 26.7 Å². The van der Waals surface area contributed by atoms with Crippen molar-refractivity contribution in [2.24, 2.45) is 0 Å². The molecule has 0 saturated heterocycles. The van der Waals surface area contributed by atoms with E-state index in [9.17, 15) is 9.59 Å². The average Bonchev–Trinajstić information content (AvgIpc) is 2.25. The van der Waals surface area contributed by atoms with Crippen molar-refractivity contribution in [3.05, 3.63) is 12.2 Å². The quantitative estimate of drug-likeness (QED) is 0.558. The number of esters is 1. The summed E-state index contributed by atoms with van der Waals surface area (Å²) in [5, 5.41) is 0. The van der Waals surface area contributed by atoms with E-state index in [1.54, 1.807) is 27.1 Å². The number of hydrogen-bond donors (Lipinski definition) is 0. The molecule has 0 aromatic rings. The van der Waals surface area contributed by atoms with Gasteiger partial charge in [0.2, 0.25) is 5.91 Å². The van der Waals surface area contributed by atoms with Crippen LogP contribution < -0.4 is 0 Å². The Kier molecular flexibility index (Phi) is 6.76. The maximum Gasteiger partial charge on any atom is 0.323 e. The van der Waals surface area contributed by atoms with E-state index >= 15 is 0 Å². The zero-order chi connectivity index (χ0) is 15.2. The van der Waals surface area contributed by atoms with Crippen LogP contribution in [0.25, 0.3) is 0 Å². The highest BCUT2D eigenvalue weighted by Crippen LogP contribution is 2.10. The van der Waals surface area contributed by atoms with E-state index in [0.717, 1.165) is 0 Å². The van der Waals surface area contributed by atoms with Crippen LogP contribution in [-0.4, -0.2) is 61.0 Å². The van der Waals surface area contributed by atoms with E-state index in [0.29, 0.717) is 6.54 Å². The van der Waals surface area contributed by atoms with Crippen molar-refractivity contribution in [2.45, 2.75) is 39.3 Å². The molecule has 110 valence electrons. The Bertz CT molecular complexity index is 343. The van der Waals surface area contributed by atoms with Crippen LogP contribution in [0, 0.1) is 0 Å². The van der Waals surface area contributed by atoms with Gasteiger partial charge in [0.05, 0.1) is 0 Å². The number of likely N-dealkylation sites (N-methyl/N-ethyl adjacent to an activating group) is 2. The van der Waals surface area contributed by atoms with Crippen molar-refractivity contribution < 1.29 is 14.3 Å². The van der Waals surface area contributed by atoms with Crippen molar-refractivity contribution in [1.29, 1.82) is 0 Å². The summed E-state index contributed by atoms with van der Waals surface area (Å²) >= 11 is 0. The van der Waals surface area contributed by atoms with Crippen molar-refractivity contribution >= 4 is 11.9 Å². The number of carbonyl (C=O) groups is 2. The fraction of sp³-hybridized carbons (Fsp3) is 0.714. The molecule has 0 fully saturated rings. The van der Waals surface area contributed by atoms with Gasteiger partial charge < -0.3 is 9.64 Å². The molecule has 0 aliphatic carbocycles. The molecule has 1 amide bonds. The second kappa shape index (κ2) is 7.28. The van der Waals surface area contributed by atoms with E-state index in [-0.39, 0.29) is 17.9 Å². The van der Waals surface area contributed by atoms with Gasteiger partial charge in [-0.1, -0.05) is 6.08 Å². The highest BCUT2D eigenvalue weighted by atomic mass is 16.6. The number of nitrogens with zero attached hydrogens (tertiary/aromatic N) is 2. The van der Waals surface area contributed by atoms with Crippen LogP contribution in [-0.2, 0) is 14.3 Å². The first-order valence-corrected chi connectivity index (χ1v) is 6.35. The molecule has 0 aliphatic rings. The average molecular weight is 270 g/mol. The lowest BCUT2D eigenvalue weighted by molar-refractivity contribution is -0.160. The van der Waals surface area contributed by atoms with Crippen LogP contribution in [0.4, 0.5) is 0 Å². The van der Waals surface area contributed by atoms with Crippen LogP contribution in [0.5, 0.6) is 0 Å². The molecular weight excluding hydrogens is 244 g/mol. The molecule has 19 heavy (non-hydrogen) atoms. The number of carbonyl (C=O) groups excluding carboxylic acids is 2. The Hall–Kier alpha value is -1.36. The summed E-state index contributed by atoms with van der Waals surface area (Å²) in [6, 6.07) is -0.349. The summed E-state index contributed by atoms with van der Waals surface area (Å²) < 4.78 is 5.31.